The van der Waals surface area contributed by atoms with E-state index < -0.39 is 0 Å². The molecular weight excluding hydrogens is 222 g/mol. The van der Waals surface area contributed by atoms with Gasteiger partial charge >= 0.3 is 0 Å². The molecule has 0 aliphatic rings. The lowest BCUT2D eigenvalue weighted by Crippen LogP contribution is -2.13. The maximum atomic E-state index is 6.05. The molecule has 0 aliphatic carbocycles. The van der Waals surface area contributed by atoms with Gasteiger partial charge < -0.3 is 5.32 Å². The van der Waals surface area contributed by atoms with E-state index in [0.717, 1.165) is 35.1 Å². The number of hydrogen-bond donors (Lipinski definition) is 2. The van der Waals surface area contributed by atoms with Gasteiger partial charge in [-0.05, 0) is 24.6 Å². The van der Waals surface area contributed by atoms with Crippen molar-refractivity contribution < 1.29 is 0 Å². The third kappa shape index (κ3) is 2.84. The van der Waals surface area contributed by atoms with Gasteiger partial charge in [-0.2, -0.15) is 5.10 Å². The molecule has 0 saturated heterocycles. The van der Waals surface area contributed by atoms with E-state index in [1.807, 2.05) is 37.3 Å². The first-order valence-corrected chi connectivity index (χ1v) is 5.58. The number of nitrogens with zero attached hydrogens (tertiary/aromatic N) is 1. The summed E-state index contributed by atoms with van der Waals surface area (Å²) in [7, 11) is 0. The van der Waals surface area contributed by atoms with E-state index in [9.17, 15) is 0 Å². The summed E-state index contributed by atoms with van der Waals surface area (Å²) in [4.78, 5) is 0. The normalized spacial score (nSPS) is 10.6. The maximum Gasteiger partial charge on any atom is 0.0762 e. The average Bonchev–Trinajstić information content (AvgIpc) is 2.67. The van der Waals surface area contributed by atoms with Crippen molar-refractivity contribution in [2.75, 3.05) is 0 Å². The number of aromatic amines is 1. The summed E-state index contributed by atoms with van der Waals surface area (Å²) in [5.74, 6) is 0. The van der Waals surface area contributed by atoms with Crippen LogP contribution in [-0.2, 0) is 13.1 Å². The average molecular weight is 236 g/mol. The lowest BCUT2D eigenvalue weighted by Gasteiger charge is -2.04. The zero-order chi connectivity index (χ0) is 11.4. The summed E-state index contributed by atoms with van der Waals surface area (Å²) in [6.45, 7) is 3.49. The van der Waals surface area contributed by atoms with Gasteiger partial charge in [-0.1, -0.05) is 29.8 Å². The van der Waals surface area contributed by atoms with Crippen molar-refractivity contribution in [3.63, 3.8) is 0 Å². The zero-order valence-corrected chi connectivity index (χ0v) is 9.88. The number of nitrogens with one attached hydrogen (secondary N) is 2. The second-order valence-electron chi connectivity index (χ2n) is 3.74. The Bertz CT molecular complexity index is 465. The highest BCUT2D eigenvalue weighted by Gasteiger charge is 2.00. The molecule has 4 heteroatoms. The zero-order valence-electron chi connectivity index (χ0n) is 9.13. The molecule has 0 atom stereocenters. The van der Waals surface area contributed by atoms with Crippen molar-refractivity contribution >= 4 is 11.6 Å². The number of rotatable bonds is 4. The van der Waals surface area contributed by atoms with E-state index >= 15 is 0 Å². The monoisotopic (exact) mass is 235 g/mol. The Labute approximate surface area is 99.8 Å². The van der Waals surface area contributed by atoms with Gasteiger partial charge in [-0.3, -0.25) is 5.10 Å². The molecular formula is C12H14ClN3. The molecule has 16 heavy (non-hydrogen) atoms. The molecule has 0 amide bonds. The third-order valence-electron chi connectivity index (χ3n) is 2.34. The van der Waals surface area contributed by atoms with Crippen molar-refractivity contribution in [2.45, 2.75) is 20.0 Å². The molecule has 0 bridgehead atoms. The van der Waals surface area contributed by atoms with Crippen molar-refractivity contribution in [3.8, 4) is 0 Å². The predicted octanol–water partition coefficient (Wildman–Crippen LogP) is 2.66. The Balaban J connectivity index is 1.87. The highest BCUT2D eigenvalue weighted by Crippen LogP contribution is 2.14. The van der Waals surface area contributed by atoms with Gasteiger partial charge in [0, 0.05) is 23.8 Å². The molecule has 0 fully saturated rings. The fraction of sp³-hybridized carbons (Fsp3) is 0.250. The Morgan fingerprint density at radius 1 is 1.31 bits per heavy atom. The van der Waals surface area contributed by atoms with E-state index in [0.29, 0.717) is 0 Å². The SMILES string of the molecule is Cc1cc(CNCc2ccccc2Cl)n[nH]1. The molecule has 0 unspecified atom stereocenters. The van der Waals surface area contributed by atoms with Gasteiger partial charge in [0.25, 0.3) is 0 Å². The standard InChI is InChI=1S/C12H14ClN3/c1-9-6-11(16-15-9)8-14-7-10-4-2-3-5-12(10)13/h2-6,14H,7-8H2,1H3,(H,15,16). The highest BCUT2D eigenvalue weighted by molar-refractivity contribution is 6.31. The van der Waals surface area contributed by atoms with Crippen LogP contribution in [0.4, 0.5) is 0 Å². The van der Waals surface area contributed by atoms with Crippen LogP contribution in [-0.4, -0.2) is 10.2 Å². The maximum absolute atomic E-state index is 6.05. The molecule has 84 valence electrons. The lowest BCUT2D eigenvalue weighted by molar-refractivity contribution is 0.677. The van der Waals surface area contributed by atoms with E-state index in [1.54, 1.807) is 0 Å². The Kier molecular flexibility index (Phi) is 3.59. The van der Waals surface area contributed by atoms with Crippen LogP contribution in [0.15, 0.2) is 30.3 Å². The largest absolute Gasteiger partial charge is 0.307 e. The summed E-state index contributed by atoms with van der Waals surface area (Å²) in [6, 6.07) is 9.87. The van der Waals surface area contributed by atoms with Crippen LogP contribution in [0.25, 0.3) is 0 Å². The smallest absolute Gasteiger partial charge is 0.0762 e. The van der Waals surface area contributed by atoms with Crippen molar-refractivity contribution in [1.29, 1.82) is 0 Å². The van der Waals surface area contributed by atoms with Crippen LogP contribution in [0.3, 0.4) is 0 Å². The molecule has 2 aromatic rings. The minimum Gasteiger partial charge on any atom is -0.307 e. The quantitative estimate of drug-likeness (QED) is 0.856. The number of aryl methyl sites for hydroxylation is 1. The molecule has 3 nitrogen and oxygen atoms in total. The third-order valence-corrected chi connectivity index (χ3v) is 2.71. The summed E-state index contributed by atoms with van der Waals surface area (Å²) >= 11 is 6.05. The van der Waals surface area contributed by atoms with Gasteiger partial charge in [-0.15, -0.1) is 0 Å². The summed E-state index contributed by atoms with van der Waals surface area (Å²) in [5, 5.41) is 11.2. The Morgan fingerprint density at radius 3 is 2.81 bits per heavy atom. The van der Waals surface area contributed by atoms with E-state index in [2.05, 4.69) is 15.5 Å². The van der Waals surface area contributed by atoms with Gasteiger partial charge in [0.1, 0.15) is 0 Å². The first-order valence-electron chi connectivity index (χ1n) is 5.21. The van der Waals surface area contributed by atoms with Gasteiger partial charge in [-0.25, -0.2) is 0 Å². The highest BCUT2D eigenvalue weighted by atomic mass is 35.5. The number of hydrogen-bond acceptors (Lipinski definition) is 2. The minimum absolute atomic E-state index is 0.746. The van der Waals surface area contributed by atoms with Crippen LogP contribution < -0.4 is 5.32 Å². The van der Waals surface area contributed by atoms with Gasteiger partial charge in [0.15, 0.2) is 0 Å². The molecule has 2 N–H and O–H groups in total. The van der Waals surface area contributed by atoms with E-state index in [-0.39, 0.29) is 0 Å². The van der Waals surface area contributed by atoms with Crippen molar-refractivity contribution in [2.24, 2.45) is 0 Å². The Morgan fingerprint density at radius 2 is 2.12 bits per heavy atom. The van der Waals surface area contributed by atoms with Gasteiger partial charge in [0.05, 0.1) is 5.69 Å². The molecule has 1 heterocycles. The van der Waals surface area contributed by atoms with Crippen molar-refractivity contribution in [3.05, 3.63) is 52.3 Å². The molecule has 0 saturated carbocycles. The van der Waals surface area contributed by atoms with Gasteiger partial charge in [0.2, 0.25) is 0 Å². The topological polar surface area (TPSA) is 40.7 Å². The Hall–Kier alpha value is -1.32. The number of H-pyrrole nitrogens is 1. The predicted molar refractivity (Wildman–Crippen MR) is 65.3 cm³/mol. The number of benzene rings is 1. The first-order chi connectivity index (χ1) is 7.75. The molecule has 1 aromatic carbocycles. The minimum atomic E-state index is 0.746. The van der Waals surface area contributed by atoms with E-state index in [1.165, 1.54) is 0 Å². The van der Waals surface area contributed by atoms with Crippen LogP contribution in [0.1, 0.15) is 17.0 Å². The van der Waals surface area contributed by atoms with E-state index in [4.69, 9.17) is 11.6 Å². The second kappa shape index (κ2) is 5.14. The lowest BCUT2D eigenvalue weighted by atomic mass is 10.2. The van der Waals surface area contributed by atoms with Crippen LogP contribution >= 0.6 is 11.6 Å². The fourth-order valence-electron chi connectivity index (χ4n) is 1.53. The summed E-state index contributed by atoms with van der Waals surface area (Å²) < 4.78 is 0. The first kappa shape index (κ1) is 11.2. The fourth-order valence-corrected chi connectivity index (χ4v) is 1.73. The molecule has 0 spiro atoms. The number of aromatic nitrogens is 2. The summed E-state index contributed by atoms with van der Waals surface area (Å²) in [5.41, 5.74) is 3.20. The van der Waals surface area contributed by atoms with Crippen molar-refractivity contribution in [1.82, 2.24) is 15.5 Å². The second-order valence-corrected chi connectivity index (χ2v) is 4.14. The molecule has 2 rings (SSSR count). The van der Waals surface area contributed by atoms with Crippen LogP contribution in [0.2, 0.25) is 5.02 Å². The van der Waals surface area contributed by atoms with Crippen LogP contribution in [0, 0.1) is 6.92 Å². The molecule has 0 aliphatic heterocycles. The molecule has 0 radical (unpaired) electrons. The number of halogens is 1. The van der Waals surface area contributed by atoms with Crippen LogP contribution in [0.5, 0.6) is 0 Å². The molecule has 1 aromatic heterocycles. The summed E-state index contributed by atoms with van der Waals surface area (Å²) in [6.07, 6.45) is 0.